The molecule has 0 radical (unpaired) electrons. The number of nitrogens with one attached hydrogen (secondary N) is 1. The van der Waals surface area contributed by atoms with E-state index < -0.39 is 9.84 Å². The second-order valence-electron chi connectivity index (χ2n) is 7.25. The average molecular weight is 388 g/mol. The number of carbonyl (C=O) groups is 1. The summed E-state index contributed by atoms with van der Waals surface area (Å²) in [6.45, 7) is 6.62. The third-order valence-electron chi connectivity index (χ3n) is 4.82. The summed E-state index contributed by atoms with van der Waals surface area (Å²) >= 11 is 0. The zero-order valence-corrected chi connectivity index (χ0v) is 16.7. The minimum Gasteiger partial charge on any atom is -0.484 e. The molecule has 1 aliphatic rings. The molecule has 0 saturated carbocycles. The fourth-order valence-electron chi connectivity index (χ4n) is 3.38. The molecule has 6 heteroatoms. The molecule has 5 nitrogen and oxygen atoms in total. The highest BCUT2D eigenvalue weighted by Crippen LogP contribution is 2.26. The number of ether oxygens (including phenoxy) is 1. The van der Waals surface area contributed by atoms with Crippen LogP contribution in [0, 0.1) is 6.92 Å². The van der Waals surface area contributed by atoms with Gasteiger partial charge >= 0.3 is 0 Å². The summed E-state index contributed by atoms with van der Waals surface area (Å²) in [5.41, 5.74) is 4.14. The summed E-state index contributed by atoms with van der Waals surface area (Å²) in [5.74, 6) is 1.08. The molecule has 0 aromatic heterocycles. The van der Waals surface area contributed by atoms with E-state index in [0.29, 0.717) is 29.5 Å². The van der Waals surface area contributed by atoms with Crippen LogP contribution in [0.2, 0.25) is 0 Å². The minimum atomic E-state index is -3.11. The smallest absolute Gasteiger partial charge is 0.258 e. The van der Waals surface area contributed by atoms with E-state index >= 15 is 0 Å². The van der Waals surface area contributed by atoms with Gasteiger partial charge in [0.25, 0.3) is 5.91 Å². The fourth-order valence-corrected chi connectivity index (χ4v) is 4.93. The predicted octanol–water partition coefficient (Wildman–Crippen LogP) is 3.14. The maximum absolute atomic E-state index is 12.1. The Hall–Kier alpha value is -2.34. The van der Waals surface area contributed by atoms with Crippen molar-refractivity contribution in [1.29, 1.82) is 0 Å². The predicted molar refractivity (Wildman–Crippen MR) is 105 cm³/mol. The maximum atomic E-state index is 12.1. The van der Waals surface area contributed by atoms with Gasteiger partial charge in [-0.15, -0.1) is 0 Å². The van der Waals surface area contributed by atoms with Crippen molar-refractivity contribution in [1.82, 2.24) is 5.32 Å². The molecule has 0 fully saturated rings. The standard InChI is InChI=1S/C21H25NO4S/c1-14(2)19-6-5-18(10-15(19)3)26-13-21(23)22-12-16-4-7-20-17(11-16)8-9-27(20,24)25/h4-7,10-11,14H,8-9,12-13H2,1-3H3,(H,22,23). The quantitative estimate of drug-likeness (QED) is 0.826. The number of benzene rings is 2. The number of sulfone groups is 1. The van der Waals surface area contributed by atoms with Gasteiger partial charge in [-0.2, -0.15) is 0 Å². The molecule has 1 N–H and O–H groups in total. The van der Waals surface area contributed by atoms with Crippen LogP contribution in [-0.2, 0) is 27.6 Å². The van der Waals surface area contributed by atoms with E-state index in [2.05, 4.69) is 19.2 Å². The second kappa shape index (κ2) is 7.72. The Morgan fingerprint density at radius 2 is 1.96 bits per heavy atom. The summed E-state index contributed by atoms with van der Waals surface area (Å²) in [6.07, 6.45) is 0.536. The molecule has 0 unspecified atom stereocenters. The summed E-state index contributed by atoms with van der Waals surface area (Å²) in [5, 5.41) is 2.81. The van der Waals surface area contributed by atoms with Crippen molar-refractivity contribution < 1.29 is 17.9 Å². The van der Waals surface area contributed by atoms with Gasteiger partial charge in [0, 0.05) is 6.54 Å². The van der Waals surface area contributed by atoms with Crippen LogP contribution >= 0.6 is 0 Å². The van der Waals surface area contributed by atoms with Crippen molar-refractivity contribution in [3.05, 3.63) is 58.7 Å². The molecule has 144 valence electrons. The van der Waals surface area contributed by atoms with Crippen LogP contribution < -0.4 is 10.1 Å². The van der Waals surface area contributed by atoms with Gasteiger partial charge in [-0.05, 0) is 59.7 Å². The lowest BCUT2D eigenvalue weighted by molar-refractivity contribution is -0.123. The first kappa shape index (κ1) is 19.4. The number of fused-ring (bicyclic) bond motifs is 1. The SMILES string of the molecule is Cc1cc(OCC(=O)NCc2ccc3c(c2)CCS3(=O)=O)ccc1C(C)C. The van der Waals surface area contributed by atoms with Crippen LogP contribution in [-0.4, -0.2) is 26.7 Å². The molecule has 0 atom stereocenters. The van der Waals surface area contributed by atoms with Gasteiger partial charge in [0.1, 0.15) is 5.75 Å². The van der Waals surface area contributed by atoms with Gasteiger partial charge in [0.05, 0.1) is 10.6 Å². The molecule has 1 amide bonds. The lowest BCUT2D eigenvalue weighted by Gasteiger charge is -2.12. The van der Waals surface area contributed by atoms with Gasteiger partial charge in [-0.25, -0.2) is 8.42 Å². The largest absolute Gasteiger partial charge is 0.484 e. The van der Waals surface area contributed by atoms with E-state index in [-0.39, 0.29) is 18.3 Å². The normalized spacial score (nSPS) is 14.8. The first-order valence-electron chi connectivity index (χ1n) is 9.11. The Labute approximate surface area is 160 Å². The molecule has 1 heterocycles. The van der Waals surface area contributed by atoms with Gasteiger partial charge in [0.15, 0.2) is 16.4 Å². The van der Waals surface area contributed by atoms with Crippen molar-refractivity contribution in [2.75, 3.05) is 12.4 Å². The molecule has 1 aliphatic heterocycles. The Kier molecular flexibility index (Phi) is 5.56. The molecular weight excluding hydrogens is 362 g/mol. The Balaban J connectivity index is 1.53. The molecule has 3 rings (SSSR count). The first-order chi connectivity index (χ1) is 12.8. The number of amides is 1. The highest BCUT2D eigenvalue weighted by Gasteiger charge is 2.25. The van der Waals surface area contributed by atoms with Crippen LogP contribution in [0.25, 0.3) is 0 Å². The number of aryl methyl sites for hydroxylation is 2. The van der Waals surface area contributed by atoms with Crippen LogP contribution in [0.1, 0.15) is 42.0 Å². The summed E-state index contributed by atoms with van der Waals surface area (Å²) in [4.78, 5) is 12.5. The lowest BCUT2D eigenvalue weighted by atomic mass is 9.98. The average Bonchev–Trinajstić information content (AvgIpc) is 2.92. The van der Waals surface area contributed by atoms with Gasteiger partial charge in [-0.1, -0.05) is 32.0 Å². The molecule has 27 heavy (non-hydrogen) atoms. The molecule has 0 aliphatic carbocycles. The third kappa shape index (κ3) is 4.50. The van der Waals surface area contributed by atoms with Gasteiger partial charge < -0.3 is 10.1 Å². The Bertz CT molecular complexity index is 964. The highest BCUT2D eigenvalue weighted by molar-refractivity contribution is 7.91. The van der Waals surface area contributed by atoms with Crippen molar-refractivity contribution in [3.63, 3.8) is 0 Å². The van der Waals surface area contributed by atoms with Gasteiger partial charge in [-0.3, -0.25) is 4.79 Å². The number of carbonyl (C=O) groups excluding carboxylic acids is 1. The first-order valence-corrected chi connectivity index (χ1v) is 10.8. The lowest BCUT2D eigenvalue weighted by Crippen LogP contribution is -2.28. The zero-order valence-electron chi connectivity index (χ0n) is 15.9. The van der Waals surface area contributed by atoms with E-state index in [1.165, 1.54) is 5.56 Å². The van der Waals surface area contributed by atoms with Crippen molar-refractivity contribution in [2.24, 2.45) is 0 Å². The number of hydrogen-bond donors (Lipinski definition) is 1. The van der Waals surface area contributed by atoms with E-state index in [1.54, 1.807) is 12.1 Å². The van der Waals surface area contributed by atoms with Crippen molar-refractivity contribution in [2.45, 2.75) is 44.6 Å². The van der Waals surface area contributed by atoms with E-state index in [1.807, 2.05) is 31.2 Å². The Morgan fingerprint density at radius 3 is 2.67 bits per heavy atom. The number of rotatable bonds is 6. The summed E-state index contributed by atoms with van der Waals surface area (Å²) in [7, 11) is -3.11. The van der Waals surface area contributed by atoms with E-state index in [4.69, 9.17) is 4.74 Å². The molecule has 0 bridgehead atoms. The van der Waals surface area contributed by atoms with Crippen LogP contribution in [0.3, 0.4) is 0 Å². The molecule has 0 saturated heterocycles. The molecule has 2 aromatic carbocycles. The monoisotopic (exact) mass is 387 g/mol. The number of hydrogen-bond acceptors (Lipinski definition) is 4. The van der Waals surface area contributed by atoms with Crippen LogP contribution in [0.15, 0.2) is 41.3 Å². The third-order valence-corrected chi connectivity index (χ3v) is 6.63. The van der Waals surface area contributed by atoms with E-state index in [0.717, 1.165) is 16.7 Å². The van der Waals surface area contributed by atoms with Crippen molar-refractivity contribution >= 4 is 15.7 Å². The van der Waals surface area contributed by atoms with Crippen molar-refractivity contribution in [3.8, 4) is 5.75 Å². The zero-order chi connectivity index (χ0) is 19.6. The maximum Gasteiger partial charge on any atom is 0.258 e. The van der Waals surface area contributed by atoms with Crippen LogP contribution in [0.5, 0.6) is 5.75 Å². The fraction of sp³-hybridized carbons (Fsp3) is 0.381. The molecule has 0 spiro atoms. The van der Waals surface area contributed by atoms with Crippen LogP contribution in [0.4, 0.5) is 0 Å². The van der Waals surface area contributed by atoms with E-state index in [9.17, 15) is 13.2 Å². The summed E-state index contributed by atoms with van der Waals surface area (Å²) < 4.78 is 29.3. The van der Waals surface area contributed by atoms with Gasteiger partial charge in [0.2, 0.25) is 0 Å². The Morgan fingerprint density at radius 1 is 1.19 bits per heavy atom. The highest BCUT2D eigenvalue weighted by atomic mass is 32.2. The topological polar surface area (TPSA) is 72.5 Å². The molecule has 2 aromatic rings. The minimum absolute atomic E-state index is 0.0558. The second-order valence-corrected chi connectivity index (χ2v) is 9.33. The molecular formula is C21H25NO4S. The summed E-state index contributed by atoms with van der Waals surface area (Å²) in [6, 6.07) is 11.1.